The van der Waals surface area contributed by atoms with Crippen LogP contribution in [0, 0.1) is 5.92 Å². The second kappa shape index (κ2) is 6.00. The van der Waals surface area contributed by atoms with Gasteiger partial charge in [-0.1, -0.05) is 12.2 Å². The standard InChI is InChI=1S/C9H15NO2.ClH/c1-2-12-9(11)7-5-3-4-6-8(7)10;/h4,6-8H,2-3,5,10H2,1H3;1H/t7-,8+;/m1./s1. The minimum atomic E-state index is -0.158. The van der Waals surface area contributed by atoms with Crippen molar-refractivity contribution in [2.75, 3.05) is 6.61 Å². The molecule has 0 saturated heterocycles. The van der Waals surface area contributed by atoms with Crippen molar-refractivity contribution in [2.45, 2.75) is 25.8 Å². The molecule has 0 unspecified atom stereocenters. The molecule has 0 bridgehead atoms. The molecule has 76 valence electrons. The zero-order chi connectivity index (χ0) is 8.97. The Balaban J connectivity index is 0.00000144. The fourth-order valence-electron chi connectivity index (χ4n) is 1.38. The lowest BCUT2D eigenvalue weighted by molar-refractivity contribution is -0.148. The van der Waals surface area contributed by atoms with E-state index < -0.39 is 0 Å². The number of hydrogen-bond acceptors (Lipinski definition) is 3. The molecule has 0 saturated carbocycles. The summed E-state index contributed by atoms with van der Waals surface area (Å²) in [6.07, 6.45) is 5.64. The first-order valence-electron chi connectivity index (χ1n) is 4.34. The van der Waals surface area contributed by atoms with Gasteiger partial charge in [-0.2, -0.15) is 0 Å². The van der Waals surface area contributed by atoms with Crippen LogP contribution in [0.3, 0.4) is 0 Å². The highest BCUT2D eigenvalue weighted by molar-refractivity contribution is 5.85. The number of carbonyl (C=O) groups is 1. The third-order valence-electron chi connectivity index (χ3n) is 2.06. The summed E-state index contributed by atoms with van der Waals surface area (Å²) in [5.74, 6) is -0.288. The highest BCUT2D eigenvalue weighted by Crippen LogP contribution is 2.18. The van der Waals surface area contributed by atoms with Crippen LogP contribution in [-0.2, 0) is 9.53 Å². The van der Waals surface area contributed by atoms with Gasteiger partial charge in [-0.15, -0.1) is 12.4 Å². The van der Waals surface area contributed by atoms with Crippen LogP contribution >= 0.6 is 12.4 Å². The fourth-order valence-corrected chi connectivity index (χ4v) is 1.38. The molecule has 0 radical (unpaired) electrons. The Bertz CT molecular complexity index is 194. The van der Waals surface area contributed by atoms with E-state index in [1.807, 2.05) is 19.1 Å². The van der Waals surface area contributed by atoms with Gasteiger partial charge in [-0.25, -0.2) is 0 Å². The number of carbonyl (C=O) groups excluding carboxylic acids is 1. The van der Waals surface area contributed by atoms with Crippen LogP contribution in [0.25, 0.3) is 0 Å². The predicted molar refractivity (Wildman–Crippen MR) is 53.7 cm³/mol. The van der Waals surface area contributed by atoms with Crippen LogP contribution < -0.4 is 5.73 Å². The van der Waals surface area contributed by atoms with Gasteiger partial charge < -0.3 is 10.5 Å². The molecule has 1 aliphatic carbocycles. The Hall–Kier alpha value is -0.540. The summed E-state index contributed by atoms with van der Waals surface area (Å²) in [5.41, 5.74) is 5.72. The molecule has 0 aromatic carbocycles. The summed E-state index contributed by atoms with van der Waals surface area (Å²) in [7, 11) is 0. The summed E-state index contributed by atoms with van der Waals surface area (Å²) >= 11 is 0. The Morgan fingerprint density at radius 2 is 2.38 bits per heavy atom. The molecular formula is C9H16ClNO2. The lowest BCUT2D eigenvalue weighted by Gasteiger charge is -2.22. The van der Waals surface area contributed by atoms with Crippen molar-refractivity contribution in [3.8, 4) is 0 Å². The Morgan fingerprint density at radius 1 is 1.69 bits per heavy atom. The van der Waals surface area contributed by atoms with Crippen molar-refractivity contribution >= 4 is 18.4 Å². The zero-order valence-electron chi connectivity index (χ0n) is 7.73. The molecule has 1 aliphatic rings. The van der Waals surface area contributed by atoms with Crippen LogP contribution in [0.5, 0.6) is 0 Å². The van der Waals surface area contributed by atoms with Crippen LogP contribution in [0.2, 0.25) is 0 Å². The van der Waals surface area contributed by atoms with Crippen molar-refractivity contribution in [3.63, 3.8) is 0 Å². The number of nitrogens with two attached hydrogens (primary N) is 1. The molecule has 0 fully saturated rings. The van der Waals surface area contributed by atoms with Crippen LogP contribution in [0.1, 0.15) is 19.8 Å². The predicted octanol–water partition coefficient (Wildman–Crippen LogP) is 1.26. The normalized spacial score (nSPS) is 26.3. The SMILES string of the molecule is CCOC(=O)[C@@H]1CCC=C[C@@H]1N.Cl. The van der Waals surface area contributed by atoms with Crippen molar-refractivity contribution < 1.29 is 9.53 Å². The molecule has 0 amide bonds. The van der Waals surface area contributed by atoms with Crippen LogP contribution in [0.15, 0.2) is 12.2 Å². The molecule has 0 aromatic heterocycles. The van der Waals surface area contributed by atoms with E-state index in [1.165, 1.54) is 0 Å². The smallest absolute Gasteiger partial charge is 0.310 e. The van der Waals surface area contributed by atoms with Crippen LogP contribution in [-0.4, -0.2) is 18.6 Å². The lowest BCUT2D eigenvalue weighted by Crippen LogP contribution is -2.36. The minimum absolute atomic E-state index is 0. The molecule has 0 aliphatic heterocycles. The largest absolute Gasteiger partial charge is 0.466 e. The number of rotatable bonds is 2. The molecule has 13 heavy (non-hydrogen) atoms. The minimum Gasteiger partial charge on any atom is -0.466 e. The first-order chi connectivity index (χ1) is 5.75. The van der Waals surface area contributed by atoms with E-state index in [-0.39, 0.29) is 30.3 Å². The monoisotopic (exact) mass is 205 g/mol. The van der Waals surface area contributed by atoms with E-state index in [0.29, 0.717) is 6.61 Å². The van der Waals surface area contributed by atoms with Gasteiger partial charge in [0.05, 0.1) is 12.5 Å². The maximum atomic E-state index is 11.3. The number of ether oxygens (including phenoxy) is 1. The van der Waals surface area contributed by atoms with E-state index in [0.717, 1.165) is 12.8 Å². The number of hydrogen-bond donors (Lipinski definition) is 1. The van der Waals surface area contributed by atoms with E-state index in [1.54, 1.807) is 0 Å². The summed E-state index contributed by atoms with van der Waals surface area (Å²) in [6, 6.07) is -0.155. The van der Waals surface area contributed by atoms with Gasteiger partial charge in [0.25, 0.3) is 0 Å². The Labute approximate surface area is 84.7 Å². The second-order valence-electron chi connectivity index (χ2n) is 2.94. The zero-order valence-corrected chi connectivity index (χ0v) is 8.55. The quantitative estimate of drug-likeness (QED) is 0.546. The molecule has 1 rings (SSSR count). The van der Waals surface area contributed by atoms with Gasteiger partial charge in [0.2, 0.25) is 0 Å². The molecule has 3 nitrogen and oxygen atoms in total. The molecule has 2 atom stereocenters. The molecule has 0 heterocycles. The maximum Gasteiger partial charge on any atom is 0.310 e. The van der Waals surface area contributed by atoms with Gasteiger partial charge in [-0.3, -0.25) is 4.79 Å². The summed E-state index contributed by atoms with van der Waals surface area (Å²) in [4.78, 5) is 11.3. The van der Waals surface area contributed by atoms with Crippen molar-refractivity contribution in [3.05, 3.63) is 12.2 Å². The number of allylic oxidation sites excluding steroid dienone is 1. The van der Waals surface area contributed by atoms with E-state index in [2.05, 4.69) is 0 Å². The Kier molecular flexibility index (Phi) is 5.75. The average molecular weight is 206 g/mol. The van der Waals surface area contributed by atoms with E-state index >= 15 is 0 Å². The summed E-state index contributed by atoms with van der Waals surface area (Å²) < 4.78 is 4.90. The molecular weight excluding hydrogens is 190 g/mol. The average Bonchev–Trinajstić information content (AvgIpc) is 2.05. The van der Waals surface area contributed by atoms with Crippen LogP contribution in [0.4, 0.5) is 0 Å². The highest BCUT2D eigenvalue weighted by Gasteiger charge is 2.26. The van der Waals surface area contributed by atoms with Gasteiger partial charge in [-0.05, 0) is 19.8 Å². The first kappa shape index (κ1) is 12.5. The van der Waals surface area contributed by atoms with Gasteiger partial charge in [0, 0.05) is 6.04 Å². The number of esters is 1. The number of halogens is 1. The Morgan fingerprint density at radius 3 is 2.92 bits per heavy atom. The fraction of sp³-hybridized carbons (Fsp3) is 0.667. The van der Waals surface area contributed by atoms with Crippen molar-refractivity contribution in [1.29, 1.82) is 0 Å². The van der Waals surface area contributed by atoms with Crippen molar-refractivity contribution in [2.24, 2.45) is 11.7 Å². The maximum absolute atomic E-state index is 11.3. The third-order valence-corrected chi connectivity index (χ3v) is 2.06. The van der Waals surface area contributed by atoms with Gasteiger partial charge >= 0.3 is 5.97 Å². The summed E-state index contributed by atoms with van der Waals surface area (Å²) in [6.45, 7) is 2.24. The molecule has 0 aromatic rings. The van der Waals surface area contributed by atoms with Gasteiger partial charge in [0.15, 0.2) is 0 Å². The third kappa shape index (κ3) is 3.36. The van der Waals surface area contributed by atoms with E-state index in [9.17, 15) is 4.79 Å². The van der Waals surface area contributed by atoms with E-state index in [4.69, 9.17) is 10.5 Å². The second-order valence-corrected chi connectivity index (χ2v) is 2.94. The topological polar surface area (TPSA) is 52.3 Å². The molecule has 2 N–H and O–H groups in total. The van der Waals surface area contributed by atoms with Gasteiger partial charge in [0.1, 0.15) is 0 Å². The van der Waals surface area contributed by atoms with Crippen molar-refractivity contribution in [1.82, 2.24) is 0 Å². The summed E-state index contributed by atoms with van der Waals surface area (Å²) in [5, 5.41) is 0. The lowest BCUT2D eigenvalue weighted by atomic mass is 9.90. The molecule has 0 spiro atoms. The molecule has 4 heteroatoms. The first-order valence-corrected chi connectivity index (χ1v) is 4.34. The highest BCUT2D eigenvalue weighted by atomic mass is 35.5.